The minimum Gasteiger partial charge on any atom is -0.508 e. The monoisotopic (exact) mass is 429 g/mol. The Morgan fingerprint density at radius 3 is 2.84 bits per heavy atom. The van der Waals surface area contributed by atoms with Crippen LogP contribution in [0.5, 0.6) is 5.75 Å². The van der Waals surface area contributed by atoms with Crippen molar-refractivity contribution in [2.45, 2.75) is 20.0 Å². The molecule has 0 aliphatic carbocycles. The molecule has 0 spiro atoms. The molecule has 4 aromatic rings. The van der Waals surface area contributed by atoms with Crippen LogP contribution in [-0.4, -0.2) is 33.3 Å². The highest BCUT2D eigenvalue weighted by Crippen LogP contribution is 2.34. The van der Waals surface area contributed by atoms with Crippen molar-refractivity contribution in [2.24, 2.45) is 0 Å². The maximum atomic E-state index is 14.0. The molecule has 1 N–H and O–H groups in total. The minimum atomic E-state index is -0.539. The van der Waals surface area contributed by atoms with Crippen LogP contribution in [0.25, 0.3) is 16.9 Å². The number of anilines is 2. The van der Waals surface area contributed by atoms with Crippen molar-refractivity contribution < 1.29 is 14.2 Å². The number of hydrogen-bond acceptors (Lipinski definition) is 6. The number of phenolic OH excluding ortho intramolecular Hbond substituents is 1. The third kappa shape index (κ3) is 3.24. The molecule has 0 fully saturated rings. The first-order valence-electron chi connectivity index (χ1n) is 10.2. The molecule has 3 heterocycles. The van der Waals surface area contributed by atoms with Crippen LogP contribution in [0.2, 0.25) is 0 Å². The molecule has 5 rings (SSSR count). The summed E-state index contributed by atoms with van der Waals surface area (Å²) in [4.78, 5) is 11.4. The average molecular weight is 429 g/mol. The first kappa shape index (κ1) is 20.0. The van der Waals surface area contributed by atoms with Gasteiger partial charge in [0.1, 0.15) is 17.4 Å². The first-order valence-corrected chi connectivity index (χ1v) is 10.2. The third-order valence-electron chi connectivity index (χ3n) is 5.71. The molecule has 1 aliphatic heterocycles. The molecule has 2 aromatic carbocycles. The summed E-state index contributed by atoms with van der Waals surface area (Å²) in [5.74, 6) is 0.341. The predicted octanol–water partition coefficient (Wildman–Crippen LogP) is 4.29. The van der Waals surface area contributed by atoms with Gasteiger partial charge in [0.2, 0.25) is 5.95 Å². The fourth-order valence-corrected chi connectivity index (χ4v) is 4.18. The van der Waals surface area contributed by atoms with Crippen LogP contribution in [-0.2, 0) is 17.8 Å². The Labute approximate surface area is 183 Å². The van der Waals surface area contributed by atoms with E-state index in [1.807, 2.05) is 29.7 Å². The molecule has 0 saturated heterocycles. The molecule has 0 bridgehead atoms. The highest BCUT2D eigenvalue weighted by Gasteiger charge is 2.24. The lowest BCUT2D eigenvalue weighted by atomic mass is 10.1. The van der Waals surface area contributed by atoms with Crippen LogP contribution in [0.4, 0.5) is 15.9 Å². The minimum absolute atomic E-state index is 0.164. The van der Waals surface area contributed by atoms with Gasteiger partial charge in [-0.2, -0.15) is 10.2 Å². The lowest BCUT2D eigenvalue weighted by molar-refractivity contribution is 0.109. The molecule has 160 valence electrons. The van der Waals surface area contributed by atoms with Crippen molar-refractivity contribution in [3.8, 4) is 17.8 Å². The van der Waals surface area contributed by atoms with Crippen molar-refractivity contribution in [1.82, 2.24) is 14.5 Å². The average Bonchev–Trinajstić information content (AvgIpc) is 3.13. The molecule has 0 saturated carbocycles. The number of halogens is 1. The second-order valence-corrected chi connectivity index (χ2v) is 7.77. The summed E-state index contributed by atoms with van der Waals surface area (Å²) >= 11 is 0. The number of aryl methyl sites for hydroxylation is 1. The van der Waals surface area contributed by atoms with Gasteiger partial charge in [0, 0.05) is 47.9 Å². The molecular weight excluding hydrogens is 409 g/mol. The topological polar surface area (TPSA) is 87.2 Å². The van der Waals surface area contributed by atoms with E-state index in [9.17, 15) is 14.8 Å². The Morgan fingerprint density at radius 1 is 1.22 bits per heavy atom. The Bertz CT molecular complexity index is 1390. The van der Waals surface area contributed by atoms with E-state index in [-0.39, 0.29) is 5.75 Å². The summed E-state index contributed by atoms with van der Waals surface area (Å²) in [5.41, 5.74) is 4.47. The highest BCUT2D eigenvalue weighted by molar-refractivity contribution is 5.88. The number of hydrogen-bond donors (Lipinski definition) is 1. The molecular formula is C24H20FN5O2. The molecule has 7 nitrogen and oxygen atoms in total. The van der Waals surface area contributed by atoms with Crippen molar-refractivity contribution >= 4 is 22.4 Å². The maximum Gasteiger partial charge on any atom is 0.236 e. The molecule has 0 radical (unpaired) electrons. The lowest BCUT2D eigenvalue weighted by Crippen LogP contribution is -2.22. The van der Waals surface area contributed by atoms with E-state index < -0.39 is 5.82 Å². The van der Waals surface area contributed by atoms with Gasteiger partial charge in [-0.05, 0) is 31.2 Å². The molecule has 2 aromatic heterocycles. The van der Waals surface area contributed by atoms with Gasteiger partial charge < -0.3 is 14.7 Å². The summed E-state index contributed by atoms with van der Waals surface area (Å²) in [6.45, 7) is 2.85. The smallest absolute Gasteiger partial charge is 0.236 e. The van der Waals surface area contributed by atoms with Gasteiger partial charge in [0.05, 0.1) is 36.1 Å². The first-order chi connectivity index (χ1) is 15.5. The molecule has 0 atom stereocenters. The summed E-state index contributed by atoms with van der Waals surface area (Å²) in [6, 6.07) is 13.6. The quantitative estimate of drug-likeness (QED) is 0.523. The van der Waals surface area contributed by atoms with Crippen molar-refractivity contribution in [3.63, 3.8) is 0 Å². The van der Waals surface area contributed by atoms with Crippen LogP contribution in [0.15, 0.2) is 42.5 Å². The van der Waals surface area contributed by atoms with Gasteiger partial charge in [-0.15, -0.1) is 0 Å². The van der Waals surface area contributed by atoms with Gasteiger partial charge in [-0.3, -0.25) is 4.57 Å². The van der Waals surface area contributed by atoms with Gasteiger partial charge in [-0.1, -0.05) is 6.07 Å². The Hall–Kier alpha value is -3.96. The second kappa shape index (κ2) is 7.62. The fourth-order valence-electron chi connectivity index (χ4n) is 4.18. The Balaban J connectivity index is 1.73. The van der Waals surface area contributed by atoms with Gasteiger partial charge in [-0.25, -0.2) is 9.37 Å². The van der Waals surface area contributed by atoms with Gasteiger partial charge >= 0.3 is 0 Å². The molecule has 0 amide bonds. The van der Waals surface area contributed by atoms with Crippen LogP contribution in [0.1, 0.15) is 22.5 Å². The van der Waals surface area contributed by atoms with Crippen LogP contribution >= 0.6 is 0 Å². The van der Waals surface area contributed by atoms with Gasteiger partial charge in [0.25, 0.3) is 0 Å². The van der Waals surface area contributed by atoms with E-state index in [1.54, 1.807) is 18.0 Å². The van der Waals surface area contributed by atoms with Crippen LogP contribution in [0.3, 0.4) is 0 Å². The standard InChI is InChI=1S/C24H20FN5O2/c1-14-8-19-15(12-26)4-3-5-22(19)30(14)24-27-21-6-7-32-13-20(21)23(28-24)29(2)17-9-16(25)10-18(31)11-17/h3-5,8-11,31H,6-7,13H2,1-2H3. The Kier molecular flexibility index (Phi) is 4.76. The third-order valence-corrected chi connectivity index (χ3v) is 5.71. The molecule has 0 unspecified atom stereocenters. The number of ether oxygens (including phenoxy) is 1. The summed E-state index contributed by atoms with van der Waals surface area (Å²) in [6.07, 6.45) is 0.627. The van der Waals surface area contributed by atoms with E-state index >= 15 is 0 Å². The van der Waals surface area contributed by atoms with Crippen LogP contribution in [0, 0.1) is 24.1 Å². The zero-order valence-electron chi connectivity index (χ0n) is 17.6. The number of fused-ring (bicyclic) bond motifs is 2. The SMILES string of the molecule is Cc1cc2c(C#N)cccc2n1-c1nc2c(c(N(C)c3cc(O)cc(F)c3)n1)COCC2. The van der Waals surface area contributed by atoms with Crippen molar-refractivity contribution in [3.05, 3.63) is 70.8 Å². The maximum absolute atomic E-state index is 14.0. The summed E-state index contributed by atoms with van der Waals surface area (Å²) < 4.78 is 21.5. The summed E-state index contributed by atoms with van der Waals surface area (Å²) in [5, 5.41) is 20.2. The second-order valence-electron chi connectivity index (χ2n) is 7.77. The number of nitrogens with zero attached hydrogens (tertiary/aromatic N) is 5. The lowest BCUT2D eigenvalue weighted by Gasteiger charge is -2.26. The molecule has 32 heavy (non-hydrogen) atoms. The highest BCUT2D eigenvalue weighted by atomic mass is 19.1. The van der Waals surface area contributed by atoms with E-state index in [1.165, 1.54) is 12.1 Å². The number of aromatic hydroxyl groups is 1. The fraction of sp³-hybridized carbons (Fsp3) is 0.208. The molecule has 1 aliphatic rings. The van der Waals surface area contributed by atoms with Crippen molar-refractivity contribution in [2.75, 3.05) is 18.6 Å². The van der Waals surface area contributed by atoms with Crippen LogP contribution < -0.4 is 4.90 Å². The largest absolute Gasteiger partial charge is 0.508 e. The normalized spacial score (nSPS) is 13.1. The number of phenols is 1. The van der Waals surface area contributed by atoms with E-state index in [2.05, 4.69) is 6.07 Å². The number of benzene rings is 2. The van der Waals surface area contributed by atoms with Crippen molar-refractivity contribution in [1.29, 1.82) is 5.26 Å². The zero-order chi connectivity index (χ0) is 22.4. The predicted molar refractivity (Wildman–Crippen MR) is 118 cm³/mol. The van der Waals surface area contributed by atoms with Gasteiger partial charge in [0.15, 0.2) is 0 Å². The Morgan fingerprint density at radius 2 is 2.06 bits per heavy atom. The number of aromatic nitrogens is 3. The summed E-state index contributed by atoms with van der Waals surface area (Å²) in [7, 11) is 1.77. The number of nitriles is 1. The van der Waals surface area contributed by atoms with E-state index in [0.717, 1.165) is 33.9 Å². The van der Waals surface area contributed by atoms with E-state index in [4.69, 9.17) is 14.7 Å². The number of rotatable bonds is 3. The zero-order valence-corrected chi connectivity index (χ0v) is 17.6. The molecule has 8 heteroatoms. The van der Waals surface area contributed by atoms with E-state index in [0.29, 0.717) is 42.7 Å².